The van der Waals surface area contributed by atoms with E-state index in [4.69, 9.17) is 5.73 Å². The molecule has 1 aromatic rings. The van der Waals surface area contributed by atoms with Gasteiger partial charge in [0, 0.05) is 10.6 Å². The molecule has 0 aliphatic heterocycles. The van der Waals surface area contributed by atoms with Crippen LogP contribution in [-0.4, -0.2) is 5.75 Å². The number of benzene rings is 1. The first-order valence-electron chi connectivity index (χ1n) is 3.23. The Morgan fingerprint density at radius 1 is 1.70 bits per heavy atom. The van der Waals surface area contributed by atoms with Crippen LogP contribution in [0.4, 0.5) is 5.69 Å². The van der Waals surface area contributed by atoms with Gasteiger partial charge in [-0.25, -0.2) is 0 Å². The van der Waals surface area contributed by atoms with E-state index in [0.717, 1.165) is 16.3 Å². The van der Waals surface area contributed by atoms with Gasteiger partial charge in [0.05, 0.1) is 0 Å². The highest BCUT2D eigenvalue weighted by molar-refractivity contribution is 7.99. The van der Waals surface area contributed by atoms with Crippen LogP contribution in [-0.2, 0) is 0 Å². The Morgan fingerprint density at radius 3 is 3.10 bits per heavy atom. The van der Waals surface area contributed by atoms with Crippen molar-refractivity contribution in [1.82, 2.24) is 0 Å². The monoisotopic (exact) mass is 152 g/mol. The maximum Gasteiger partial charge on any atom is 0.0325 e. The molecule has 2 heteroatoms. The van der Waals surface area contributed by atoms with E-state index >= 15 is 0 Å². The van der Waals surface area contributed by atoms with Crippen LogP contribution < -0.4 is 5.73 Å². The highest BCUT2D eigenvalue weighted by Crippen LogP contribution is 2.18. The molecule has 0 saturated heterocycles. The average molecular weight is 152 g/mol. The van der Waals surface area contributed by atoms with Gasteiger partial charge in [-0.1, -0.05) is 13.0 Å². The van der Waals surface area contributed by atoms with Gasteiger partial charge in [0.1, 0.15) is 0 Å². The third kappa shape index (κ3) is 1.95. The number of hydrogen-bond donors (Lipinski definition) is 1. The van der Waals surface area contributed by atoms with Crippen molar-refractivity contribution in [3.8, 4) is 0 Å². The van der Waals surface area contributed by atoms with Crippen molar-refractivity contribution in [2.75, 3.05) is 11.5 Å². The predicted octanol–water partition coefficient (Wildman–Crippen LogP) is 2.18. The maximum atomic E-state index is 5.56. The Kier molecular flexibility index (Phi) is 2.63. The van der Waals surface area contributed by atoms with Gasteiger partial charge in [-0.05, 0) is 24.0 Å². The molecule has 0 fully saturated rings. The van der Waals surface area contributed by atoms with Gasteiger partial charge in [0.25, 0.3) is 0 Å². The number of nitrogens with two attached hydrogens (primary N) is 1. The summed E-state index contributed by atoms with van der Waals surface area (Å²) in [7, 11) is 0. The zero-order valence-corrected chi connectivity index (χ0v) is 6.74. The standard InChI is InChI=1S/C8H10NS/c1-2-10-8-5-3-4-7(9)6-8/h3-4,6H,2,9H2,1H3. The molecule has 0 aliphatic carbocycles. The molecule has 53 valence electrons. The third-order valence-electron chi connectivity index (χ3n) is 1.10. The summed E-state index contributed by atoms with van der Waals surface area (Å²) in [6, 6.07) is 8.73. The van der Waals surface area contributed by atoms with Gasteiger partial charge in [-0.2, -0.15) is 0 Å². The molecule has 0 amide bonds. The molecule has 1 radical (unpaired) electrons. The molecular weight excluding hydrogens is 142 g/mol. The van der Waals surface area contributed by atoms with E-state index in [9.17, 15) is 0 Å². The van der Waals surface area contributed by atoms with Crippen molar-refractivity contribution in [2.45, 2.75) is 11.8 Å². The van der Waals surface area contributed by atoms with E-state index in [1.165, 1.54) is 0 Å². The van der Waals surface area contributed by atoms with Crippen molar-refractivity contribution < 1.29 is 0 Å². The summed E-state index contributed by atoms with van der Waals surface area (Å²) in [6.45, 7) is 2.11. The van der Waals surface area contributed by atoms with Crippen molar-refractivity contribution >= 4 is 17.4 Å². The van der Waals surface area contributed by atoms with Crippen molar-refractivity contribution in [2.24, 2.45) is 0 Å². The lowest BCUT2D eigenvalue weighted by molar-refractivity contribution is 1.42. The topological polar surface area (TPSA) is 26.0 Å². The molecule has 0 heterocycles. The molecule has 0 aromatic heterocycles. The zero-order valence-electron chi connectivity index (χ0n) is 5.92. The molecule has 0 unspecified atom stereocenters. The van der Waals surface area contributed by atoms with Crippen LogP contribution >= 0.6 is 11.8 Å². The number of rotatable bonds is 2. The lowest BCUT2D eigenvalue weighted by Gasteiger charge is -1.97. The summed E-state index contributed by atoms with van der Waals surface area (Å²) < 4.78 is 0. The minimum atomic E-state index is 0.815. The Balaban J connectivity index is 2.75. The molecule has 0 spiro atoms. The SMILES string of the molecule is CCSc1[c]ccc(N)c1. The third-order valence-corrected chi connectivity index (χ3v) is 1.93. The van der Waals surface area contributed by atoms with E-state index in [-0.39, 0.29) is 0 Å². The fourth-order valence-electron chi connectivity index (χ4n) is 0.700. The molecule has 0 bridgehead atoms. The summed E-state index contributed by atoms with van der Waals surface area (Å²) >= 11 is 1.75. The second kappa shape index (κ2) is 3.52. The molecule has 0 aliphatic rings. The van der Waals surface area contributed by atoms with Crippen LogP contribution in [0.3, 0.4) is 0 Å². The number of thioether (sulfide) groups is 1. The van der Waals surface area contributed by atoms with E-state index in [1.807, 2.05) is 18.2 Å². The Hall–Kier alpha value is -0.630. The van der Waals surface area contributed by atoms with E-state index in [0.29, 0.717) is 0 Å². The first-order chi connectivity index (χ1) is 4.83. The smallest absolute Gasteiger partial charge is 0.0325 e. The zero-order chi connectivity index (χ0) is 7.40. The summed E-state index contributed by atoms with van der Waals surface area (Å²) in [4.78, 5) is 1.13. The van der Waals surface area contributed by atoms with E-state index < -0.39 is 0 Å². The van der Waals surface area contributed by atoms with E-state index in [1.54, 1.807) is 11.8 Å². The van der Waals surface area contributed by atoms with Gasteiger partial charge in [0.15, 0.2) is 0 Å². The first-order valence-corrected chi connectivity index (χ1v) is 4.21. The predicted molar refractivity (Wildman–Crippen MR) is 46.1 cm³/mol. The van der Waals surface area contributed by atoms with Gasteiger partial charge < -0.3 is 5.73 Å². The minimum absolute atomic E-state index is 0.815. The summed E-state index contributed by atoms with van der Waals surface area (Å²) in [5.74, 6) is 1.07. The van der Waals surface area contributed by atoms with Crippen molar-refractivity contribution in [3.63, 3.8) is 0 Å². The Labute approximate surface area is 65.6 Å². The Bertz CT molecular complexity index is 210. The van der Waals surface area contributed by atoms with Crippen LogP contribution in [0.5, 0.6) is 0 Å². The molecule has 10 heavy (non-hydrogen) atoms. The largest absolute Gasteiger partial charge is 0.399 e. The van der Waals surface area contributed by atoms with Gasteiger partial charge in [-0.15, -0.1) is 11.8 Å². The summed E-state index contributed by atoms with van der Waals surface area (Å²) in [5.41, 5.74) is 6.37. The molecule has 1 aromatic carbocycles. The van der Waals surface area contributed by atoms with Crippen molar-refractivity contribution in [1.29, 1.82) is 0 Å². The van der Waals surface area contributed by atoms with Crippen LogP contribution in [0.2, 0.25) is 0 Å². The summed E-state index contributed by atoms with van der Waals surface area (Å²) in [6.07, 6.45) is 0. The Morgan fingerprint density at radius 2 is 2.50 bits per heavy atom. The maximum absolute atomic E-state index is 5.56. The van der Waals surface area contributed by atoms with Crippen molar-refractivity contribution in [3.05, 3.63) is 24.3 Å². The van der Waals surface area contributed by atoms with Gasteiger partial charge in [-0.3, -0.25) is 0 Å². The fraction of sp³-hybridized carbons (Fsp3) is 0.250. The highest BCUT2D eigenvalue weighted by atomic mass is 32.2. The quantitative estimate of drug-likeness (QED) is 0.519. The van der Waals surface area contributed by atoms with Gasteiger partial charge >= 0.3 is 0 Å². The lowest BCUT2D eigenvalue weighted by Crippen LogP contribution is -1.83. The lowest BCUT2D eigenvalue weighted by atomic mass is 10.3. The second-order valence-corrected chi connectivity index (χ2v) is 3.23. The number of hydrogen-bond acceptors (Lipinski definition) is 2. The molecule has 2 N–H and O–H groups in total. The average Bonchev–Trinajstić information content (AvgIpc) is 1.88. The molecule has 1 nitrogen and oxygen atoms in total. The molecular formula is C8H10NS. The first kappa shape index (κ1) is 7.48. The minimum Gasteiger partial charge on any atom is -0.399 e. The van der Waals surface area contributed by atoms with Crippen LogP contribution in [0, 0.1) is 6.07 Å². The normalized spacial score (nSPS) is 9.70. The number of anilines is 1. The number of nitrogen functional groups attached to an aromatic ring is 1. The molecule has 1 rings (SSSR count). The molecule has 0 saturated carbocycles. The fourth-order valence-corrected chi connectivity index (χ4v) is 1.38. The van der Waals surface area contributed by atoms with Crippen LogP contribution in [0.1, 0.15) is 6.92 Å². The van der Waals surface area contributed by atoms with E-state index in [2.05, 4.69) is 13.0 Å². The molecule has 0 atom stereocenters. The summed E-state index contributed by atoms with van der Waals surface area (Å²) in [5, 5.41) is 0. The second-order valence-electron chi connectivity index (χ2n) is 1.92. The highest BCUT2D eigenvalue weighted by Gasteiger charge is 1.90. The van der Waals surface area contributed by atoms with Crippen LogP contribution in [0.25, 0.3) is 0 Å². The van der Waals surface area contributed by atoms with Crippen LogP contribution in [0.15, 0.2) is 23.1 Å². The van der Waals surface area contributed by atoms with Gasteiger partial charge in [0.2, 0.25) is 0 Å².